The van der Waals surface area contributed by atoms with Crippen LogP contribution in [0.4, 0.5) is 0 Å². The van der Waals surface area contributed by atoms with E-state index in [1.54, 1.807) is 0 Å². The minimum absolute atomic E-state index is 0.106. The van der Waals surface area contributed by atoms with Crippen molar-refractivity contribution in [1.29, 1.82) is 0 Å². The van der Waals surface area contributed by atoms with E-state index in [4.69, 9.17) is 10.1 Å². The van der Waals surface area contributed by atoms with E-state index in [9.17, 15) is 0 Å². The fourth-order valence-corrected chi connectivity index (χ4v) is 1.38. The van der Waals surface area contributed by atoms with Gasteiger partial charge < -0.3 is 10.1 Å². The molecule has 1 aromatic carbocycles. The first-order valence-corrected chi connectivity index (χ1v) is 4.67. The molecule has 13 heavy (non-hydrogen) atoms. The molecule has 0 fully saturated rings. The second kappa shape index (κ2) is 5.78. The van der Waals surface area contributed by atoms with Crippen LogP contribution >= 0.6 is 0 Å². The third-order valence-electron chi connectivity index (χ3n) is 2.14. The molecule has 0 atom stereocenters. The molecule has 70 valence electrons. The molecule has 3 heteroatoms. The summed E-state index contributed by atoms with van der Waals surface area (Å²) in [5.41, 5.74) is 2.19. The Hall–Kier alpha value is -0.795. The normalized spacial score (nSPS) is 10.0. The number of benzene rings is 1. The van der Waals surface area contributed by atoms with Gasteiger partial charge in [0.25, 0.3) is 0 Å². The standard InChI is InChI=1S/C10H15BO2/c12-8-4-3-6-9-5-1-2-7-10(9)11-13/h1-2,5,7,11-13H,3-4,6,8H2. The molecule has 0 bridgehead atoms. The average molecular weight is 178 g/mol. The molecular weight excluding hydrogens is 163 g/mol. The zero-order chi connectivity index (χ0) is 9.52. The van der Waals surface area contributed by atoms with Gasteiger partial charge in [0.05, 0.1) is 0 Å². The zero-order valence-corrected chi connectivity index (χ0v) is 7.74. The van der Waals surface area contributed by atoms with Gasteiger partial charge in [-0.15, -0.1) is 0 Å². The summed E-state index contributed by atoms with van der Waals surface area (Å²) in [6.07, 6.45) is 2.75. The number of hydrogen-bond donors (Lipinski definition) is 2. The van der Waals surface area contributed by atoms with Crippen LogP contribution in [0.5, 0.6) is 0 Å². The van der Waals surface area contributed by atoms with Gasteiger partial charge in [-0.2, -0.15) is 0 Å². The summed E-state index contributed by atoms with van der Waals surface area (Å²) in [6, 6.07) is 7.88. The number of aliphatic hydroxyl groups excluding tert-OH is 1. The molecule has 0 spiro atoms. The summed E-state index contributed by atoms with van der Waals surface area (Å²) >= 11 is 0. The Bertz CT molecular complexity index is 250. The van der Waals surface area contributed by atoms with Gasteiger partial charge in [-0.3, -0.25) is 0 Å². The van der Waals surface area contributed by atoms with Gasteiger partial charge >= 0.3 is 7.48 Å². The van der Waals surface area contributed by atoms with E-state index < -0.39 is 0 Å². The highest BCUT2D eigenvalue weighted by molar-refractivity contribution is 6.46. The monoisotopic (exact) mass is 178 g/mol. The van der Waals surface area contributed by atoms with Crippen LogP contribution in [0.2, 0.25) is 0 Å². The predicted octanol–water partition coefficient (Wildman–Crippen LogP) is -0.0293. The first kappa shape index (κ1) is 10.3. The number of hydrogen-bond acceptors (Lipinski definition) is 2. The summed E-state index contributed by atoms with van der Waals surface area (Å²) in [4.78, 5) is 0. The van der Waals surface area contributed by atoms with Gasteiger partial charge in [-0.1, -0.05) is 29.8 Å². The van der Waals surface area contributed by atoms with Crippen LogP contribution in [0.3, 0.4) is 0 Å². The van der Waals surface area contributed by atoms with Crippen LogP contribution in [-0.2, 0) is 6.42 Å². The molecule has 0 heterocycles. The molecule has 0 saturated heterocycles. The molecule has 0 amide bonds. The lowest BCUT2D eigenvalue weighted by molar-refractivity contribution is 0.284. The Labute approximate surface area is 79.5 Å². The van der Waals surface area contributed by atoms with Crippen LogP contribution in [0, 0.1) is 0 Å². The quantitative estimate of drug-likeness (QED) is 0.491. The Balaban J connectivity index is 2.54. The van der Waals surface area contributed by atoms with Crippen molar-refractivity contribution < 1.29 is 10.1 Å². The van der Waals surface area contributed by atoms with Crippen LogP contribution in [-0.4, -0.2) is 24.2 Å². The molecule has 2 N–H and O–H groups in total. The topological polar surface area (TPSA) is 40.5 Å². The number of unbranched alkanes of at least 4 members (excludes halogenated alkanes) is 1. The summed E-state index contributed by atoms with van der Waals surface area (Å²) in [7, 11) is 0.106. The maximum absolute atomic E-state index is 9.03. The maximum atomic E-state index is 9.03. The number of aryl methyl sites for hydroxylation is 1. The van der Waals surface area contributed by atoms with E-state index in [0.717, 1.165) is 24.7 Å². The van der Waals surface area contributed by atoms with E-state index >= 15 is 0 Å². The third kappa shape index (κ3) is 3.21. The second-order valence-electron chi connectivity index (χ2n) is 3.11. The van der Waals surface area contributed by atoms with E-state index in [1.165, 1.54) is 5.56 Å². The Morgan fingerprint density at radius 2 is 1.92 bits per heavy atom. The van der Waals surface area contributed by atoms with Crippen molar-refractivity contribution in [3.63, 3.8) is 0 Å². The van der Waals surface area contributed by atoms with Crippen molar-refractivity contribution in [2.75, 3.05) is 6.61 Å². The smallest absolute Gasteiger partial charge is 0.305 e. The minimum Gasteiger partial charge on any atom is -0.449 e. The van der Waals surface area contributed by atoms with Gasteiger partial charge in [0.15, 0.2) is 0 Å². The highest BCUT2D eigenvalue weighted by atomic mass is 16.2. The summed E-state index contributed by atoms with van der Waals surface area (Å²) in [5.74, 6) is 0. The summed E-state index contributed by atoms with van der Waals surface area (Å²) in [5, 5.41) is 17.6. The fourth-order valence-electron chi connectivity index (χ4n) is 1.38. The molecule has 1 aromatic rings. The van der Waals surface area contributed by atoms with Crippen LogP contribution in [0.25, 0.3) is 0 Å². The lowest BCUT2D eigenvalue weighted by Gasteiger charge is -2.05. The molecule has 0 saturated carbocycles. The Morgan fingerprint density at radius 3 is 2.62 bits per heavy atom. The summed E-state index contributed by atoms with van der Waals surface area (Å²) in [6.45, 7) is 0.251. The highest BCUT2D eigenvalue weighted by Gasteiger charge is 2.00. The second-order valence-corrected chi connectivity index (χ2v) is 3.11. The maximum Gasteiger partial charge on any atom is 0.305 e. The molecule has 2 nitrogen and oxygen atoms in total. The van der Waals surface area contributed by atoms with Gasteiger partial charge in [-0.25, -0.2) is 0 Å². The van der Waals surface area contributed by atoms with E-state index in [0.29, 0.717) is 0 Å². The minimum atomic E-state index is 0.106. The molecule has 1 rings (SSSR count). The van der Waals surface area contributed by atoms with Crippen molar-refractivity contribution >= 4 is 12.9 Å². The van der Waals surface area contributed by atoms with Crippen molar-refractivity contribution in [2.45, 2.75) is 19.3 Å². The molecule has 0 radical (unpaired) electrons. The first-order valence-electron chi connectivity index (χ1n) is 4.67. The lowest BCUT2D eigenvalue weighted by atomic mass is 9.83. The van der Waals surface area contributed by atoms with Crippen LogP contribution in [0.1, 0.15) is 18.4 Å². The van der Waals surface area contributed by atoms with Crippen LogP contribution in [0.15, 0.2) is 24.3 Å². The fraction of sp³-hybridized carbons (Fsp3) is 0.400. The Morgan fingerprint density at radius 1 is 1.15 bits per heavy atom. The molecule has 0 aliphatic rings. The lowest BCUT2D eigenvalue weighted by Crippen LogP contribution is -2.18. The van der Waals surface area contributed by atoms with Gasteiger partial charge in [0.1, 0.15) is 0 Å². The van der Waals surface area contributed by atoms with Crippen molar-refractivity contribution in [3.8, 4) is 0 Å². The molecule has 0 aliphatic heterocycles. The van der Waals surface area contributed by atoms with Gasteiger partial charge in [-0.05, 0) is 24.7 Å². The third-order valence-corrected chi connectivity index (χ3v) is 2.14. The van der Waals surface area contributed by atoms with E-state index in [1.807, 2.05) is 24.3 Å². The van der Waals surface area contributed by atoms with Crippen molar-refractivity contribution in [3.05, 3.63) is 29.8 Å². The predicted molar refractivity (Wildman–Crippen MR) is 55.5 cm³/mol. The number of rotatable bonds is 5. The van der Waals surface area contributed by atoms with Crippen LogP contribution < -0.4 is 5.46 Å². The zero-order valence-electron chi connectivity index (χ0n) is 7.74. The van der Waals surface area contributed by atoms with Crippen molar-refractivity contribution in [2.24, 2.45) is 0 Å². The SMILES string of the molecule is OBc1ccccc1CCCCO. The molecule has 0 aromatic heterocycles. The molecular formula is C10H15BO2. The van der Waals surface area contributed by atoms with Gasteiger partial charge in [0, 0.05) is 6.61 Å². The van der Waals surface area contributed by atoms with E-state index in [2.05, 4.69) is 0 Å². The van der Waals surface area contributed by atoms with Crippen molar-refractivity contribution in [1.82, 2.24) is 0 Å². The highest BCUT2D eigenvalue weighted by Crippen LogP contribution is 2.01. The van der Waals surface area contributed by atoms with Gasteiger partial charge in [0.2, 0.25) is 0 Å². The molecule has 0 unspecified atom stereocenters. The first-order chi connectivity index (χ1) is 6.38. The Kier molecular flexibility index (Phi) is 4.58. The largest absolute Gasteiger partial charge is 0.449 e. The number of aliphatic hydroxyl groups is 1. The summed E-state index contributed by atoms with van der Waals surface area (Å²) < 4.78 is 0. The van der Waals surface area contributed by atoms with E-state index in [-0.39, 0.29) is 14.1 Å². The average Bonchev–Trinajstić information content (AvgIpc) is 2.19. The molecule has 0 aliphatic carbocycles.